The van der Waals surface area contributed by atoms with E-state index in [4.69, 9.17) is 16.3 Å². The second-order valence-corrected chi connectivity index (χ2v) is 4.71. The van der Waals surface area contributed by atoms with Gasteiger partial charge in [0.15, 0.2) is 0 Å². The van der Waals surface area contributed by atoms with Gasteiger partial charge in [0.05, 0.1) is 6.61 Å². The smallest absolute Gasteiger partial charge is 0.0615 e. The molecule has 0 saturated carbocycles. The summed E-state index contributed by atoms with van der Waals surface area (Å²) >= 11 is 5.96. The summed E-state index contributed by atoms with van der Waals surface area (Å²) in [5.74, 6) is 0. The van der Waals surface area contributed by atoms with Crippen molar-refractivity contribution in [3.63, 3.8) is 0 Å². The fourth-order valence-electron chi connectivity index (χ4n) is 1.83. The van der Waals surface area contributed by atoms with Gasteiger partial charge in [-0.25, -0.2) is 0 Å². The lowest BCUT2D eigenvalue weighted by Crippen LogP contribution is -2.34. The molecule has 1 N–H and O–H groups in total. The summed E-state index contributed by atoms with van der Waals surface area (Å²) in [6, 6.07) is 8.50. The van der Waals surface area contributed by atoms with Crippen molar-refractivity contribution >= 4 is 11.6 Å². The van der Waals surface area contributed by atoms with Crippen LogP contribution in [-0.4, -0.2) is 26.3 Å². The van der Waals surface area contributed by atoms with E-state index in [1.807, 2.05) is 18.2 Å². The first-order chi connectivity index (χ1) is 8.26. The van der Waals surface area contributed by atoms with Gasteiger partial charge in [-0.05, 0) is 43.5 Å². The fraction of sp³-hybridized carbons (Fsp3) is 0.571. The molecule has 2 nitrogen and oxygen atoms in total. The molecule has 0 aliphatic carbocycles. The molecule has 0 fully saturated rings. The summed E-state index contributed by atoms with van der Waals surface area (Å²) in [6.45, 7) is 3.98. The molecule has 96 valence electrons. The van der Waals surface area contributed by atoms with Gasteiger partial charge in [-0.15, -0.1) is 0 Å². The second-order valence-electron chi connectivity index (χ2n) is 4.27. The van der Waals surface area contributed by atoms with Gasteiger partial charge >= 0.3 is 0 Å². The minimum Gasteiger partial charge on any atom is -0.383 e. The molecular weight excluding hydrogens is 234 g/mol. The Morgan fingerprint density at radius 2 is 2.24 bits per heavy atom. The van der Waals surface area contributed by atoms with Crippen molar-refractivity contribution in [2.45, 2.75) is 32.2 Å². The van der Waals surface area contributed by atoms with Crippen molar-refractivity contribution in [3.8, 4) is 0 Å². The molecule has 0 radical (unpaired) electrons. The zero-order valence-corrected chi connectivity index (χ0v) is 11.5. The van der Waals surface area contributed by atoms with Gasteiger partial charge in [-0.1, -0.05) is 30.7 Å². The van der Waals surface area contributed by atoms with Gasteiger partial charge in [0.25, 0.3) is 0 Å². The summed E-state index contributed by atoms with van der Waals surface area (Å²) < 4.78 is 5.22. The molecule has 0 spiro atoms. The highest BCUT2D eigenvalue weighted by molar-refractivity contribution is 6.30. The summed E-state index contributed by atoms with van der Waals surface area (Å²) in [5, 5.41) is 4.31. The monoisotopic (exact) mass is 255 g/mol. The number of hydrogen-bond donors (Lipinski definition) is 1. The average molecular weight is 256 g/mol. The zero-order valence-electron chi connectivity index (χ0n) is 10.7. The van der Waals surface area contributed by atoms with E-state index >= 15 is 0 Å². The van der Waals surface area contributed by atoms with Crippen LogP contribution in [0.5, 0.6) is 0 Å². The largest absolute Gasteiger partial charge is 0.383 e. The lowest BCUT2D eigenvalue weighted by Gasteiger charge is -2.17. The molecule has 0 saturated heterocycles. The molecule has 0 bridgehead atoms. The maximum absolute atomic E-state index is 5.96. The normalized spacial score (nSPS) is 12.6. The van der Waals surface area contributed by atoms with Crippen LogP contribution >= 0.6 is 11.6 Å². The van der Waals surface area contributed by atoms with Crippen LogP contribution in [-0.2, 0) is 11.2 Å². The minimum atomic E-state index is 0.430. The summed E-state index contributed by atoms with van der Waals surface area (Å²) in [5.41, 5.74) is 1.29. The molecule has 1 aromatic carbocycles. The Morgan fingerprint density at radius 1 is 1.41 bits per heavy atom. The standard InChI is InChI=1S/C14H22ClNO/c1-3-9-16-14(11-17-2)8-7-12-5-4-6-13(15)10-12/h4-6,10,14,16H,3,7-9,11H2,1-2H3. The van der Waals surface area contributed by atoms with Crippen molar-refractivity contribution in [1.82, 2.24) is 5.32 Å². The lowest BCUT2D eigenvalue weighted by molar-refractivity contribution is 0.162. The zero-order chi connectivity index (χ0) is 12.5. The quantitative estimate of drug-likeness (QED) is 0.770. The number of aryl methyl sites for hydroxylation is 1. The number of halogens is 1. The molecule has 0 heterocycles. The van der Waals surface area contributed by atoms with E-state index in [9.17, 15) is 0 Å². The van der Waals surface area contributed by atoms with Crippen molar-refractivity contribution in [3.05, 3.63) is 34.9 Å². The van der Waals surface area contributed by atoms with Crippen LogP contribution in [0.25, 0.3) is 0 Å². The van der Waals surface area contributed by atoms with Crippen molar-refractivity contribution < 1.29 is 4.74 Å². The van der Waals surface area contributed by atoms with Crippen molar-refractivity contribution in [2.24, 2.45) is 0 Å². The van der Waals surface area contributed by atoms with E-state index in [-0.39, 0.29) is 0 Å². The molecule has 1 unspecified atom stereocenters. The molecule has 1 aromatic rings. The third-order valence-electron chi connectivity index (χ3n) is 2.72. The summed E-state index contributed by atoms with van der Waals surface area (Å²) in [7, 11) is 1.75. The lowest BCUT2D eigenvalue weighted by atomic mass is 10.1. The molecule has 0 amide bonds. The minimum absolute atomic E-state index is 0.430. The van der Waals surface area contributed by atoms with Crippen LogP contribution in [0.2, 0.25) is 5.02 Å². The Bertz CT molecular complexity index is 317. The SMILES string of the molecule is CCCNC(CCc1cccc(Cl)c1)COC. The summed E-state index contributed by atoms with van der Waals surface area (Å²) in [4.78, 5) is 0. The molecule has 0 aromatic heterocycles. The number of benzene rings is 1. The molecular formula is C14H22ClNO. The number of hydrogen-bond acceptors (Lipinski definition) is 2. The second kappa shape index (κ2) is 8.51. The van der Waals surface area contributed by atoms with Gasteiger partial charge in [-0.3, -0.25) is 0 Å². The Hall–Kier alpha value is -0.570. The highest BCUT2D eigenvalue weighted by Gasteiger charge is 2.07. The van der Waals surface area contributed by atoms with E-state index in [1.165, 1.54) is 5.56 Å². The van der Waals surface area contributed by atoms with E-state index in [0.29, 0.717) is 6.04 Å². The van der Waals surface area contributed by atoms with Crippen LogP contribution in [0.1, 0.15) is 25.3 Å². The predicted octanol–water partition coefficient (Wildman–Crippen LogP) is 3.29. The maximum Gasteiger partial charge on any atom is 0.0615 e. The van der Waals surface area contributed by atoms with Crippen LogP contribution in [0.15, 0.2) is 24.3 Å². The first-order valence-electron chi connectivity index (χ1n) is 6.23. The summed E-state index contributed by atoms with van der Waals surface area (Å²) in [6.07, 6.45) is 3.26. The molecule has 1 atom stereocenters. The third kappa shape index (κ3) is 6.06. The fourth-order valence-corrected chi connectivity index (χ4v) is 2.04. The molecule has 3 heteroatoms. The van der Waals surface area contributed by atoms with Crippen LogP contribution in [0.4, 0.5) is 0 Å². The van der Waals surface area contributed by atoms with Gasteiger partial charge in [0.2, 0.25) is 0 Å². The van der Waals surface area contributed by atoms with Gasteiger partial charge in [-0.2, -0.15) is 0 Å². The van der Waals surface area contributed by atoms with E-state index in [1.54, 1.807) is 7.11 Å². The van der Waals surface area contributed by atoms with Gasteiger partial charge in [0, 0.05) is 18.2 Å². The van der Waals surface area contributed by atoms with Crippen LogP contribution < -0.4 is 5.32 Å². The highest BCUT2D eigenvalue weighted by Crippen LogP contribution is 2.13. The Kier molecular flexibility index (Phi) is 7.25. The maximum atomic E-state index is 5.96. The molecule has 0 aliphatic heterocycles. The van der Waals surface area contributed by atoms with E-state index in [2.05, 4.69) is 18.3 Å². The Morgan fingerprint density at radius 3 is 2.88 bits per heavy atom. The van der Waals surface area contributed by atoms with Gasteiger partial charge in [0.1, 0.15) is 0 Å². The van der Waals surface area contributed by atoms with Gasteiger partial charge < -0.3 is 10.1 Å². The number of rotatable bonds is 8. The molecule has 1 rings (SSSR count). The van der Waals surface area contributed by atoms with Crippen molar-refractivity contribution in [2.75, 3.05) is 20.3 Å². The Balaban J connectivity index is 2.39. The Labute approximate surface area is 109 Å². The first-order valence-corrected chi connectivity index (χ1v) is 6.60. The third-order valence-corrected chi connectivity index (χ3v) is 2.96. The van der Waals surface area contributed by atoms with E-state index < -0.39 is 0 Å². The predicted molar refractivity (Wildman–Crippen MR) is 73.7 cm³/mol. The topological polar surface area (TPSA) is 21.3 Å². The van der Waals surface area contributed by atoms with Crippen LogP contribution in [0.3, 0.4) is 0 Å². The van der Waals surface area contributed by atoms with Crippen LogP contribution in [0, 0.1) is 0 Å². The first kappa shape index (κ1) is 14.5. The molecule has 17 heavy (non-hydrogen) atoms. The number of ether oxygens (including phenoxy) is 1. The van der Waals surface area contributed by atoms with E-state index in [0.717, 1.165) is 37.4 Å². The number of methoxy groups -OCH3 is 1. The average Bonchev–Trinajstić information content (AvgIpc) is 2.33. The molecule has 0 aliphatic rings. The van der Waals surface area contributed by atoms with Crippen molar-refractivity contribution in [1.29, 1.82) is 0 Å². The number of nitrogens with one attached hydrogen (secondary N) is 1. The highest BCUT2D eigenvalue weighted by atomic mass is 35.5.